The highest BCUT2D eigenvalue weighted by Crippen LogP contribution is 2.19. The highest BCUT2D eigenvalue weighted by atomic mass is 35.5. The fraction of sp³-hybridized carbons (Fsp3) is 0.625. The topological polar surface area (TPSA) is 54.5 Å². The Morgan fingerprint density at radius 3 is 2.56 bits per heavy atom. The van der Waals surface area contributed by atoms with E-state index < -0.39 is 12.8 Å². The molecule has 0 aromatic carbocycles. The van der Waals surface area contributed by atoms with Crippen LogP contribution in [0.2, 0.25) is 0 Å². The molecule has 1 fully saturated rings. The lowest BCUT2D eigenvalue weighted by Crippen LogP contribution is -2.46. The number of nitrogens with one attached hydrogen (secondary N) is 1. The lowest BCUT2D eigenvalue weighted by atomic mass is 10.0. The fourth-order valence-corrected chi connectivity index (χ4v) is 2.72. The molecule has 0 saturated carbocycles. The first-order valence-corrected chi connectivity index (χ1v) is 8.08. The smallest absolute Gasteiger partial charge is 0.422 e. The van der Waals surface area contributed by atoms with Gasteiger partial charge in [0, 0.05) is 24.8 Å². The molecule has 0 radical (unpaired) electrons. The SMILES string of the molecule is CCCN(C(=O)c1ccc(OCC(F)(F)F)nc1)C1CCNCC1.Cl. The van der Waals surface area contributed by atoms with E-state index in [2.05, 4.69) is 15.0 Å². The summed E-state index contributed by atoms with van der Waals surface area (Å²) in [6, 6.07) is 2.94. The van der Waals surface area contributed by atoms with E-state index in [4.69, 9.17) is 0 Å². The van der Waals surface area contributed by atoms with Crippen LogP contribution in [0.5, 0.6) is 5.88 Å². The minimum atomic E-state index is -4.41. The molecule has 0 unspecified atom stereocenters. The van der Waals surface area contributed by atoms with Crippen molar-refractivity contribution in [2.24, 2.45) is 0 Å². The van der Waals surface area contributed by atoms with Gasteiger partial charge in [0.25, 0.3) is 5.91 Å². The lowest BCUT2D eigenvalue weighted by molar-refractivity contribution is -0.154. The van der Waals surface area contributed by atoms with Crippen molar-refractivity contribution in [3.05, 3.63) is 23.9 Å². The number of ether oxygens (including phenoxy) is 1. The number of hydrogen-bond acceptors (Lipinski definition) is 4. The molecular formula is C16H23ClF3N3O2. The molecule has 1 aliphatic heterocycles. The van der Waals surface area contributed by atoms with Gasteiger partial charge in [0.2, 0.25) is 5.88 Å². The zero-order valence-corrected chi connectivity index (χ0v) is 14.8. The Bertz CT molecular complexity index is 534. The molecule has 25 heavy (non-hydrogen) atoms. The van der Waals surface area contributed by atoms with Gasteiger partial charge in [0.1, 0.15) is 0 Å². The molecule has 2 heterocycles. The second-order valence-electron chi connectivity index (χ2n) is 5.77. The Hall–Kier alpha value is -1.54. The van der Waals surface area contributed by atoms with Crippen LogP contribution in [0, 0.1) is 0 Å². The van der Waals surface area contributed by atoms with Gasteiger partial charge in [-0.1, -0.05) is 6.92 Å². The Labute approximate surface area is 151 Å². The van der Waals surface area contributed by atoms with Crippen LogP contribution in [0.15, 0.2) is 18.3 Å². The summed E-state index contributed by atoms with van der Waals surface area (Å²) in [4.78, 5) is 18.4. The van der Waals surface area contributed by atoms with Crippen LogP contribution in [-0.2, 0) is 0 Å². The van der Waals surface area contributed by atoms with Crippen LogP contribution in [0.25, 0.3) is 0 Å². The maximum absolute atomic E-state index is 12.7. The molecule has 2 rings (SSSR count). The molecular weight excluding hydrogens is 359 g/mol. The van der Waals surface area contributed by atoms with Crippen molar-refractivity contribution in [3.8, 4) is 5.88 Å². The number of alkyl halides is 3. The van der Waals surface area contributed by atoms with Gasteiger partial charge in [-0.3, -0.25) is 4.79 Å². The molecule has 1 aromatic heterocycles. The minimum Gasteiger partial charge on any atom is -0.468 e. The van der Waals surface area contributed by atoms with Crippen molar-refractivity contribution < 1.29 is 22.7 Å². The summed E-state index contributed by atoms with van der Waals surface area (Å²) in [7, 11) is 0. The third kappa shape index (κ3) is 6.70. The van der Waals surface area contributed by atoms with Gasteiger partial charge in [0.05, 0.1) is 5.56 Å². The molecule has 0 aliphatic carbocycles. The number of pyridine rings is 1. The van der Waals surface area contributed by atoms with E-state index in [1.165, 1.54) is 18.3 Å². The molecule has 9 heteroatoms. The van der Waals surface area contributed by atoms with Crippen LogP contribution in [0.4, 0.5) is 13.2 Å². The van der Waals surface area contributed by atoms with Crippen LogP contribution in [0.3, 0.4) is 0 Å². The second kappa shape index (κ2) is 9.82. The third-order valence-electron chi connectivity index (χ3n) is 3.84. The van der Waals surface area contributed by atoms with E-state index in [0.29, 0.717) is 12.1 Å². The highest BCUT2D eigenvalue weighted by Gasteiger charge is 2.29. The average Bonchev–Trinajstić information content (AvgIpc) is 2.58. The Morgan fingerprint density at radius 1 is 1.36 bits per heavy atom. The molecule has 1 aliphatic rings. The van der Waals surface area contributed by atoms with Gasteiger partial charge in [-0.05, 0) is 38.4 Å². The highest BCUT2D eigenvalue weighted by molar-refractivity contribution is 5.94. The zero-order chi connectivity index (χ0) is 17.6. The number of aromatic nitrogens is 1. The molecule has 1 aromatic rings. The predicted molar refractivity (Wildman–Crippen MR) is 90.3 cm³/mol. The van der Waals surface area contributed by atoms with Crippen molar-refractivity contribution in [3.63, 3.8) is 0 Å². The minimum absolute atomic E-state index is 0. The summed E-state index contributed by atoms with van der Waals surface area (Å²) >= 11 is 0. The first kappa shape index (κ1) is 21.5. The van der Waals surface area contributed by atoms with E-state index in [-0.39, 0.29) is 30.2 Å². The van der Waals surface area contributed by atoms with Crippen molar-refractivity contribution in [2.45, 2.75) is 38.4 Å². The molecule has 1 N–H and O–H groups in total. The largest absolute Gasteiger partial charge is 0.468 e. The van der Waals surface area contributed by atoms with E-state index >= 15 is 0 Å². The molecule has 5 nitrogen and oxygen atoms in total. The summed E-state index contributed by atoms with van der Waals surface area (Å²) < 4.78 is 40.9. The number of carbonyl (C=O) groups excluding carboxylic acids is 1. The summed E-state index contributed by atoms with van der Waals surface area (Å²) in [6.45, 7) is 3.01. The van der Waals surface area contributed by atoms with Crippen LogP contribution in [-0.4, -0.2) is 54.3 Å². The molecule has 0 bridgehead atoms. The molecule has 0 spiro atoms. The van der Waals surface area contributed by atoms with Crippen LogP contribution >= 0.6 is 12.4 Å². The predicted octanol–water partition coefficient (Wildman–Crippen LogP) is 3.05. The summed E-state index contributed by atoms with van der Waals surface area (Å²) in [6.07, 6.45) is -0.505. The van der Waals surface area contributed by atoms with Crippen LogP contribution < -0.4 is 10.1 Å². The number of rotatable bonds is 6. The monoisotopic (exact) mass is 381 g/mol. The van der Waals surface area contributed by atoms with Crippen molar-refractivity contribution in [1.82, 2.24) is 15.2 Å². The second-order valence-corrected chi connectivity index (χ2v) is 5.77. The zero-order valence-electron chi connectivity index (χ0n) is 14.0. The Kier molecular flexibility index (Phi) is 8.44. The first-order valence-electron chi connectivity index (χ1n) is 8.08. The number of amides is 1. The van der Waals surface area contributed by atoms with Crippen molar-refractivity contribution in [2.75, 3.05) is 26.2 Å². The van der Waals surface area contributed by atoms with Gasteiger partial charge in [-0.25, -0.2) is 4.98 Å². The number of piperidine rings is 1. The number of nitrogens with zero attached hydrogens (tertiary/aromatic N) is 2. The molecule has 1 amide bonds. The van der Waals surface area contributed by atoms with E-state index in [1.54, 1.807) is 0 Å². The van der Waals surface area contributed by atoms with E-state index in [9.17, 15) is 18.0 Å². The normalized spacial score (nSPS) is 15.4. The maximum Gasteiger partial charge on any atom is 0.422 e. The van der Waals surface area contributed by atoms with E-state index in [1.807, 2.05) is 11.8 Å². The quantitative estimate of drug-likeness (QED) is 0.823. The molecule has 1 saturated heterocycles. The first-order chi connectivity index (χ1) is 11.4. The number of carbonyl (C=O) groups is 1. The van der Waals surface area contributed by atoms with Crippen molar-refractivity contribution in [1.29, 1.82) is 0 Å². The number of halogens is 4. The average molecular weight is 382 g/mol. The summed E-state index contributed by atoms with van der Waals surface area (Å²) in [5.41, 5.74) is 0.362. The Morgan fingerprint density at radius 2 is 2.04 bits per heavy atom. The van der Waals surface area contributed by atoms with Gasteiger partial charge in [-0.2, -0.15) is 13.2 Å². The maximum atomic E-state index is 12.7. The molecule has 142 valence electrons. The van der Waals surface area contributed by atoms with Crippen LogP contribution in [0.1, 0.15) is 36.5 Å². The Balaban J connectivity index is 0.00000312. The van der Waals surface area contributed by atoms with Gasteiger partial charge >= 0.3 is 6.18 Å². The third-order valence-corrected chi connectivity index (χ3v) is 3.84. The summed E-state index contributed by atoms with van der Waals surface area (Å²) in [5, 5.41) is 3.27. The van der Waals surface area contributed by atoms with E-state index in [0.717, 1.165) is 32.4 Å². The van der Waals surface area contributed by atoms with Gasteiger partial charge < -0.3 is 15.0 Å². The standard InChI is InChI=1S/C16H22F3N3O2.ClH/c1-2-9-22(13-5-7-20-8-6-13)15(23)12-3-4-14(21-10-12)24-11-16(17,18)19;/h3-4,10,13,20H,2,5-9,11H2,1H3;1H. The van der Waals surface area contributed by atoms with Crippen molar-refractivity contribution >= 4 is 18.3 Å². The fourth-order valence-electron chi connectivity index (χ4n) is 2.72. The van der Waals surface area contributed by atoms with Gasteiger partial charge in [0.15, 0.2) is 6.61 Å². The number of hydrogen-bond donors (Lipinski definition) is 1. The lowest BCUT2D eigenvalue weighted by Gasteiger charge is -2.34. The molecule has 0 atom stereocenters. The van der Waals surface area contributed by atoms with Gasteiger partial charge in [-0.15, -0.1) is 12.4 Å². The summed E-state index contributed by atoms with van der Waals surface area (Å²) in [5.74, 6) is -0.286.